The van der Waals surface area contributed by atoms with Crippen LogP contribution in [0.15, 0.2) is 36.2 Å². The minimum Gasteiger partial charge on any atom is -0.339 e. The molecule has 1 fully saturated rings. The molecule has 1 aliphatic heterocycles. The molecular weight excluding hydrogens is 352 g/mol. The fourth-order valence-electron chi connectivity index (χ4n) is 3.30. The summed E-state index contributed by atoms with van der Waals surface area (Å²) in [6.45, 7) is 5.33. The summed E-state index contributed by atoms with van der Waals surface area (Å²) in [6.07, 6.45) is 5.19. The third kappa shape index (κ3) is 4.11. The Morgan fingerprint density at radius 2 is 2.04 bits per heavy atom. The SMILES string of the molecule is Cc1c(/C=C(\C#N)C(=O)N2CCN(Cc3cccnc3)CC2)cc(C#N)n1C. The van der Waals surface area contributed by atoms with Gasteiger partial charge in [-0.25, -0.2) is 0 Å². The summed E-state index contributed by atoms with van der Waals surface area (Å²) in [4.78, 5) is 20.9. The van der Waals surface area contributed by atoms with E-state index < -0.39 is 0 Å². The minimum atomic E-state index is -0.259. The highest BCUT2D eigenvalue weighted by Crippen LogP contribution is 2.18. The highest BCUT2D eigenvalue weighted by Gasteiger charge is 2.24. The number of aromatic nitrogens is 2. The molecule has 7 heteroatoms. The maximum Gasteiger partial charge on any atom is 0.264 e. The standard InChI is InChI=1S/C21H22N6O/c1-16-18(11-20(13-23)25(16)2)10-19(12-22)21(28)27-8-6-26(7-9-27)15-17-4-3-5-24-14-17/h3-5,10-11,14H,6-9,15H2,1-2H3/b19-10+. The first-order valence-electron chi connectivity index (χ1n) is 9.12. The lowest BCUT2D eigenvalue weighted by atomic mass is 10.1. The van der Waals surface area contributed by atoms with Crippen LogP contribution in [0.4, 0.5) is 0 Å². The normalized spacial score (nSPS) is 15.1. The second kappa shape index (κ2) is 8.51. The van der Waals surface area contributed by atoms with Crippen LogP contribution in [0, 0.1) is 29.6 Å². The Morgan fingerprint density at radius 1 is 1.29 bits per heavy atom. The van der Waals surface area contributed by atoms with Gasteiger partial charge in [-0.05, 0) is 36.3 Å². The topological polar surface area (TPSA) is 89.0 Å². The van der Waals surface area contributed by atoms with Gasteiger partial charge in [0.15, 0.2) is 0 Å². The van der Waals surface area contributed by atoms with Crippen molar-refractivity contribution in [2.45, 2.75) is 13.5 Å². The van der Waals surface area contributed by atoms with E-state index in [0.717, 1.165) is 36.5 Å². The van der Waals surface area contributed by atoms with Crippen molar-refractivity contribution in [3.63, 3.8) is 0 Å². The van der Waals surface area contributed by atoms with E-state index >= 15 is 0 Å². The third-order valence-electron chi connectivity index (χ3n) is 5.13. The molecule has 1 aliphatic rings. The quantitative estimate of drug-likeness (QED) is 0.602. The molecule has 0 spiro atoms. The Hall–Kier alpha value is -3.42. The van der Waals surface area contributed by atoms with E-state index in [-0.39, 0.29) is 11.5 Å². The predicted octanol–water partition coefficient (Wildman–Crippen LogP) is 1.85. The maximum atomic E-state index is 12.8. The van der Waals surface area contributed by atoms with E-state index in [4.69, 9.17) is 5.26 Å². The van der Waals surface area contributed by atoms with Crippen LogP contribution in [-0.2, 0) is 18.4 Å². The van der Waals surface area contributed by atoms with E-state index in [1.165, 1.54) is 0 Å². The first-order chi connectivity index (χ1) is 13.5. The number of carbonyl (C=O) groups is 1. The molecule has 0 N–H and O–H groups in total. The smallest absolute Gasteiger partial charge is 0.264 e. The van der Waals surface area contributed by atoms with Crippen molar-refractivity contribution in [1.29, 1.82) is 10.5 Å². The summed E-state index contributed by atoms with van der Waals surface area (Å²) in [7, 11) is 1.79. The molecule has 0 atom stereocenters. The van der Waals surface area contributed by atoms with Crippen LogP contribution in [0.3, 0.4) is 0 Å². The van der Waals surface area contributed by atoms with Crippen LogP contribution in [-0.4, -0.2) is 51.4 Å². The zero-order valence-electron chi connectivity index (χ0n) is 16.1. The van der Waals surface area contributed by atoms with Crippen molar-refractivity contribution >= 4 is 12.0 Å². The van der Waals surface area contributed by atoms with Gasteiger partial charge in [0.2, 0.25) is 0 Å². The van der Waals surface area contributed by atoms with E-state index in [2.05, 4.69) is 16.0 Å². The van der Waals surface area contributed by atoms with Gasteiger partial charge in [-0.15, -0.1) is 0 Å². The Morgan fingerprint density at radius 3 is 2.61 bits per heavy atom. The van der Waals surface area contributed by atoms with Gasteiger partial charge in [-0.1, -0.05) is 6.07 Å². The Labute approximate surface area is 164 Å². The van der Waals surface area contributed by atoms with E-state index in [1.807, 2.05) is 31.3 Å². The summed E-state index contributed by atoms with van der Waals surface area (Å²) < 4.78 is 1.75. The molecule has 0 radical (unpaired) electrons. The second-order valence-corrected chi connectivity index (χ2v) is 6.84. The van der Waals surface area contributed by atoms with Gasteiger partial charge in [-0.2, -0.15) is 10.5 Å². The van der Waals surface area contributed by atoms with Crippen LogP contribution in [0.2, 0.25) is 0 Å². The van der Waals surface area contributed by atoms with E-state index in [0.29, 0.717) is 18.8 Å². The predicted molar refractivity (Wildman–Crippen MR) is 105 cm³/mol. The van der Waals surface area contributed by atoms with Crippen LogP contribution < -0.4 is 0 Å². The molecule has 1 amide bonds. The summed E-state index contributed by atoms with van der Waals surface area (Å²) in [6, 6.07) is 9.80. The summed E-state index contributed by atoms with van der Waals surface area (Å²) in [5, 5.41) is 18.7. The lowest BCUT2D eigenvalue weighted by Crippen LogP contribution is -2.48. The average Bonchev–Trinajstić information content (AvgIpc) is 3.00. The lowest BCUT2D eigenvalue weighted by Gasteiger charge is -2.34. The zero-order valence-corrected chi connectivity index (χ0v) is 16.1. The lowest BCUT2D eigenvalue weighted by molar-refractivity contribution is -0.128. The van der Waals surface area contributed by atoms with Gasteiger partial charge >= 0.3 is 0 Å². The molecule has 0 aliphatic carbocycles. The number of pyridine rings is 1. The van der Waals surface area contributed by atoms with Crippen molar-refractivity contribution in [1.82, 2.24) is 19.4 Å². The van der Waals surface area contributed by atoms with Gasteiger partial charge in [0.1, 0.15) is 23.4 Å². The van der Waals surface area contributed by atoms with Crippen molar-refractivity contribution in [3.8, 4) is 12.1 Å². The molecule has 1 saturated heterocycles. The fraction of sp³-hybridized carbons (Fsp3) is 0.333. The number of carbonyl (C=O) groups excluding carboxylic acids is 1. The highest BCUT2D eigenvalue weighted by molar-refractivity contribution is 6.01. The number of piperazine rings is 1. The Bertz CT molecular complexity index is 969. The molecule has 0 unspecified atom stereocenters. The minimum absolute atomic E-state index is 0.0962. The van der Waals surface area contributed by atoms with Crippen LogP contribution in [0.1, 0.15) is 22.5 Å². The molecule has 2 aromatic heterocycles. The summed E-state index contributed by atoms with van der Waals surface area (Å²) in [5.41, 5.74) is 3.31. The van der Waals surface area contributed by atoms with Gasteiger partial charge < -0.3 is 9.47 Å². The van der Waals surface area contributed by atoms with Gasteiger partial charge in [0, 0.05) is 57.9 Å². The molecule has 0 bridgehead atoms. The molecule has 0 saturated carbocycles. The largest absolute Gasteiger partial charge is 0.339 e. The Kier molecular flexibility index (Phi) is 5.88. The van der Waals surface area contributed by atoms with Crippen molar-refractivity contribution in [2.24, 2.45) is 7.05 Å². The van der Waals surface area contributed by atoms with Crippen molar-refractivity contribution in [2.75, 3.05) is 26.2 Å². The number of rotatable bonds is 4. The van der Waals surface area contributed by atoms with Crippen molar-refractivity contribution in [3.05, 3.63) is 58.7 Å². The molecule has 3 heterocycles. The number of nitrogens with zero attached hydrogens (tertiary/aromatic N) is 6. The first-order valence-corrected chi connectivity index (χ1v) is 9.12. The van der Waals surface area contributed by atoms with Gasteiger partial charge in [0.25, 0.3) is 5.91 Å². The first kappa shape index (κ1) is 19.3. The van der Waals surface area contributed by atoms with Crippen LogP contribution >= 0.6 is 0 Å². The molecule has 3 rings (SSSR count). The molecule has 7 nitrogen and oxygen atoms in total. The molecular formula is C21H22N6O. The van der Waals surface area contributed by atoms with Crippen LogP contribution in [0.5, 0.6) is 0 Å². The van der Waals surface area contributed by atoms with E-state index in [1.54, 1.807) is 34.9 Å². The number of nitriles is 2. The number of amides is 1. The third-order valence-corrected chi connectivity index (χ3v) is 5.13. The van der Waals surface area contributed by atoms with Crippen LogP contribution in [0.25, 0.3) is 6.08 Å². The number of hydrogen-bond acceptors (Lipinski definition) is 5. The van der Waals surface area contributed by atoms with E-state index in [9.17, 15) is 10.1 Å². The molecule has 2 aromatic rings. The van der Waals surface area contributed by atoms with Gasteiger partial charge in [0.05, 0.1) is 0 Å². The van der Waals surface area contributed by atoms with Gasteiger partial charge in [-0.3, -0.25) is 14.7 Å². The average molecular weight is 374 g/mol. The fourth-order valence-corrected chi connectivity index (χ4v) is 3.30. The number of hydrogen-bond donors (Lipinski definition) is 0. The highest BCUT2D eigenvalue weighted by atomic mass is 16.2. The Balaban J connectivity index is 1.66. The monoisotopic (exact) mass is 374 g/mol. The summed E-state index contributed by atoms with van der Waals surface area (Å²) in [5.74, 6) is -0.259. The second-order valence-electron chi connectivity index (χ2n) is 6.84. The maximum absolute atomic E-state index is 12.8. The molecule has 0 aromatic carbocycles. The summed E-state index contributed by atoms with van der Waals surface area (Å²) >= 11 is 0. The molecule has 142 valence electrons. The van der Waals surface area contributed by atoms with Crippen molar-refractivity contribution < 1.29 is 4.79 Å². The zero-order chi connectivity index (χ0) is 20.1. The molecule has 28 heavy (non-hydrogen) atoms.